The van der Waals surface area contributed by atoms with Crippen LogP contribution in [0.5, 0.6) is 11.5 Å². The fourth-order valence-corrected chi connectivity index (χ4v) is 10.0. The molecule has 5 atom stereocenters. The highest BCUT2D eigenvalue weighted by atomic mass is 28.4. The van der Waals surface area contributed by atoms with Crippen molar-refractivity contribution >= 4 is 22.4 Å². The van der Waals surface area contributed by atoms with Crippen molar-refractivity contribution in [3.8, 4) is 11.5 Å². The van der Waals surface area contributed by atoms with Gasteiger partial charge in [0.25, 0.3) is 8.32 Å². The zero-order chi connectivity index (χ0) is 33.7. The van der Waals surface area contributed by atoms with E-state index in [9.17, 15) is 4.79 Å². The number of ketones is 1. The Morgan fingerprint density at radius 1 is 0.841 bits per heavy atom. The van der Waals surface area contributed by atoms with Crippen molar-refractivity contribution in [3.63, 3.8) is 0 Å². The maximum absolute atomic E-state index is 14.7. The number of aryl methyl sites for hydroxylation is 1. The van der Waals surface area contributed by atoms with Gasteiger partial charge < -0.3 is 23.1 Å². The molecule has 8 heteroatoms. The molecule has 1 heterocycles. The first-order valence-electron chi connectivity index (χ1n) is 16.6. The standard InChI is InChI=1S/C36H62O6Si2/c1-23-18-25-24(29(38-13)28(23)42-44(16,17)32(5,6)7)19-26(37)30-34(25,10)20-27(41-43(14,15)31(2,3)4)35(11)21-39-33(8,9)40-22-36(30,35)12/h18,27,30H,19-22H2,1-17H3/t27-,30-,34-,35+,36-/m0/s1. The molecular weight excluding hydrogens is 585 g/mol. The Bertz CT molecular complexity index is 1300. The molecule has 0 unspecified atom stereocenters. The van der Waals surface area contributed by atoms with Crippen molar-refractivity contribution in [2.24, 2.45) is 16.7 Å². The van der Waals surface area contributed by atoms with E-state index in [0.29, 0.717) is 19.6 Å². The van der Waals surface area contributed by atoms with Gasteiger partial charge in [0.1, 0.15) is 11.5 Å². The zero-order valence-electron chi connectivity index (χ0n) is 31.0. The van der Waals surface area contributed by atoms with Crippen LogP contribution in [0.1, 0.15) is 99.3 Å². The first-order chi connectivity index (χ1) is 19.7. The monoisotopic (exact) mass is 646 g/mol. The van der Waals surface area contributed by atoms with Crippen LogP contribution in [0.15, 0.2) is 6.07 Å². The van der Waals surface area contributed by atoms with Crippen LogP contribution in [-0.4, -0.2) is 54.6 Å². The number of Topliss-reactive ketones (excluding diaryl/α,β-unsaturated/α-hetero) is 1. The molecule has 0 amide bonds. The molecule has 2 aliphatic carbocycles. The molecule has 1 saturated heterocycles. The summed E-state index contributed by atoms with van der Waals surface area (Å²) >= 11 is 0. The number of hydrogen-bond acceptors (Lipinski definition) is 6. The average Bonchev–Trinajstić information content (AvgIpc) is 2.94. The number of carbonyl (C=O) groups excluding carboxylic acids is 1. The van der Waals surface area contributed by atoms with Crippen molar-refractivity contribution in [3.05, 3.63) is 22.8 Å². The van der Waals surface area contributed by atoms with E-state index >= 15 is 0 Å². The molecule has 4 rings (SSSR count). The maximum atomic E-state index is 14.7. The van der Waals surface area contributed by atoms with E-state index in [2.05, 4.69) is 101 Å². The Morgan fingerprint density at radius 2 is 1.36 bits per heavy atom. The van der Waals surface area contributed by atoms with Gasteiger partial charge in [-0.25, -0.2) is 0 Å². The van der Waals surface area contributed by atoms with Gasteiger partial charge in [0.15, 0.2) is 19.9 Å². The van der Waals surface area contributed by atoms with Gasteiger partial charge in [-0.1, -0.05) is 68.4 Å². The van der Waals surface area contributed by atoms with Crippen LogP contribution in [-0.2, 0) is 30.5 Å². The molecule has 44 heavy (non-hydrogen) atoms. The molecule has 6 nitrogen and oxygen atoms in total. The quantitative estimate of drug-likeness (QED) is 0.298. The summed E-state index contributed by atoms with van der Waals surface area (Å²) in [7, 11) is -2.66. The number of ether oxygens (including phenoxy) is 3. The lowest BCUT2D eigenvalue weighted by molar-refractivity contribution is -0.207. The van der Waals surface area contributed by atoms with Crippen LogP contribution in [0.25, 0.3) is 0 Å². The molecule has 0 aromatic heterocycles. The Kier molecular flexibility index (Phi) is 8.64. The van der Waals surface area contributed by atoms with Crippen molar-refractivity contribution in [1.29, 1.82) is 0 Å². The van der Waals surface area contributed by atoms with E-state index < -0.39 is 38.7 Å². The van der Waals surface area contributed by atoms with E-state index in [4.69, 9.17) is 23.1 Å². The fraction of sp³-hybridized carbons (Fsp3) is 0.806. The van der Waals surface area contributed by atoms with Crippen molar-refractivity contribution in [1.82, 2.24) is 0 Å². The van der Waals surface area contributed by atoms with Crippen LogP contribution in [0.4, 0.5) is 0 Å². The van der Waals surface area contributed by atoms with E-state index in [1.54, 1.807) is 7.11 Å². The van der Waals surface area contributed by atoms with Gasteiger partial charge >= 0.3 is 0 Å². The summed E-state index contributed by atoms with van der Waals surface area (Å²) < 4.78 is 33.5. The number of hydrogen-bond donors (Lipinski definition) is 0. The lowest BCUT2D eigenvalue weighted by atomic mass is 9.41. The molecule has 0 radical (unpaired) electrons. The van der Waals surface area contributed by atoms with Crippen molar-refractivity contribution in [2.45, 2.75) is 149 Å². The van der Waals surface area contributed by atoms with Crippen LogP contribution in [0.2, 0.25) is 36.3 Å². The smallest absolute Gasteiger partial charge is 0.250 e. The van der Waals surface area contributed by atoms with Gasteiger partial charge in [0, 0.05) is 34.1 Å². The number of benzene rings is 1. The molecule has 1 aromatic carbocycles. The summed E-state index contributed by atoms with van der Waals surface area (Å²) in [5, 5.41) is 0.0638. The molecule has 1 aromatic rings. The van der Waals surface area contributed by atoms with E-state index in [1.807, 2.05) is 13.8 Å². The van der Waals surface area contributed by atoms with E-state index in [1.165, 1.54) is 5.56 Å². The predicted octanol–water partition coefficient (Wildman–Crippen LogP) is 8.98. The Morgan fingerprint density at radius 3 is 1.86 bits per heavy atom. The van der Waals surface area contributed by atoms with Crippen LogP contribution in [0, 0.1) is 23.7 Å². The molecule has 3 aliphatic rings. The second-order valence-corrected chi connectivity index (χ2v) is 27.8. The average molecular weight is 647 g/mol. The van der Waals surface area contributed by atoms with Gasteiger partial charge in [-0.2, -0.15) is 0 Å². The number of carbonyl (C=O) groups is 1. The summed E-state index contributed by atoms with van der Waals surface area (Å²) in [6, 6.07) is 2.30. The van der Waals surface area contributed by atoms with Gasteiger partial charge in [0.2, 0.25) is 0 Å². The molecule has 1 aliphatic heterocycles. The minimum absolute atomic E-state index is 0.0271. The predicted molar refractivity (Wildman–Crippen MR) is 184 cm³/mol. The summed E-state index contributed by atoms with van der Waals surface area (Å²) in [6.45, 7) is 36.7. The Labute approximate surface area is 270 Å². The van der Waals surface area contributed by atoms with Crippen molar-refractivity contribution < 1.29 is 27.9 Å². The molecule has 0 bridgehead atoms. The van der Waals surface area contributed by atoms with Crippen LogP contribution < -0.4 is 9.16 Å². The van der Waals surface area contributed by atoms with E-state index in [0.717, 1.165) is 29.0 Å². The minimum atomic E-state index is -2.20. The number of rotatable bonds is 5. The molecule has 1 saturated carbocycles. The SMILES string of the molecule is COc1c2c(cc(C)c1O[Si](C)(C)C(C)(C)C)[C@]1(C)C[C@H](O[Si](C)(C)C(C)(C)C)[C@@]3(C)COC(C)(C)OC[C@@]3(C)[C@H]1C(=O)C2. The van der Waals surface area contributed by atoms with Gasteiger partial charge in [-0.3, -0.25) is 4.79 Å². The van der Waals surface area contributed by atoms with Crippen molar-refractivity contribution in [2.75, 3.05) is 20.3 Å². The third kappa shape index (κ3) is 5.46. The minimum Gasteiger partial charge on any atom is -0.541 e. The molecule has 2 fully saturated rings. The zero-order valence-corrected chi connectivity index (χ0v) is 33.0. The Hall–Kier alpha value is -1.20. The largest absolute Gasteiger partial charge is 0.541 e. The van der Waals surface area contributed by atoms with Gasteiger partial charge in [-0.05, 0) is 74.6 Å². The highest BCUT2D eigenvalue weighted by Crippen LogP contribution is 2.66. The first-order valence-corrected chi connectivity index (χ1v) is 22.4. The summed E-state index contributed by atoms with van der Waals surface area (Å²) in [5.74, 6) is 0.748. The molecule has 250 valence electrons. The molecule has 0 spiro atoms. The number of methoxy groups -OCH3 is 1. The first kappa shape index (κ1) is 35.7. The second-order valence-electron chi connectivity index (χ2n) is 18.3. The second kappa shape index (κ2) is 10.7. The molecule has 0 N–H and O–H groups in total. The summed E-state index contributed by atoms with van der Waals surface area (Å²) in [5.41, 5.74) is 1.78. The molecular formula is C36H62O6Si2. The van der Waals surface area contributed by atoms with Crippen LogP contribution >= 0.6 is 0 Å². The maximum Gasteiger partial charge on any atom is 0.250 e. The third-order valence-electron chi connectivity index (χ3n) is 12.8. The highest BCUT2D eigenvalue weighted by Gasteiger charge is 2.69. The lowest BCUT2D eigenvalue weighted by Crippen LogP contribution is -2.69. The van der Waals surface area contributed by atoms with Gasteiger partial charge in [0.05, 0.1) is 26.4 Å². The number of fused-ring (bicyclic) bond motifs is 5. The van der Waals surface area contributed by atoms with E-state index in [-0.39, 0.29) is 27.9 Å². The topological polar surface area (TPSA) is 63.2 Å². The third-order valence-corrected chi connectivity index (χ3v) is 21.6. The summed E-state index contributed by atoms with van der Waals surface area (Å²) in [6.07, 6.45) is 0.917. The highest BCUT2D eigenvalue weighted by molar-refractivity contribution is 6.75. The normalized spacial score (nSPS) is 32.7. The summed E-state index contributed by atoms with van der Waals surface area (Å²) in [4.78, 5) is 14.7. The fourth-order valence-electron chi connectivity index (χ4n) is 7.52. The van der Waals surface area contributed by atoms with Gasteiger partial charge in [-0.15, -0.1) is 0 Å². The Balaban J connectivity index is 1.97. The van der Waals surface area contributed by atoms with Crippen LogP contribution in [0.3, 0.4) is 0 Å². The lowest BCUT2D eigenvalue weighted by Gasteiger charge is -2.64.